The number of rotatable bonds is 5. The summed E-state index contributed by atoms with van der Waals surface area (Å²) in [6.07, 6.45) is 6.62. The number of halogens is 2. The SMILES string of the molecule is CN(c1cccc(CC(=O)c2ccc(F)cc2Cl)c1)C1CCCCC1. The van der Waals surface area contributed by atoms with Crippen LogP contribution in [0.15, 0.2) is 42.5 Å². The summed E-state index contributed by atoms with van der Waals surface area (Å²) in [5.41, 5.74) is 2.46. The van der Waals surface area contributed by atoms with E-state index in [-0.39, 0.29) is 17.2 Å². The second-order valence-corrected chi connectivity index (χ2v) is 7.20. The monoisotopic (exact) mass is 359 g/mol. The Hall–Kier alpha value is -1.87. The van der Waals surface area contributed by atoms with Crippen molar-refractivity contribution in [3.05, 3.63) is 64.4 Å². The van der Waals surface area contributed by atoms with Gasteiger partial charge >= 0.3 is 0 Å². The molecule has 0 bridgehead atoms. The van der Waals surface area contributed by atoms with Gasteiger partial charge in [-0.25, -0.2) is 4.39 Å². The van der Waals surface area contributed by atoms with Crippen molar-refractivity contribution < 1.29 is 9.18 Å². The van der Waals surface area contributed by atoms with E-state index < -0.39 is 5.82 Å². The van der Waals surface area contributed by atoms with Crippen LogP contribution in [0.1, 0.15) is 48.0 Å². The Morgan fingerprint density at radius 3 is 2.64 bits per heavy atom. The number of benzene rings is 2. The van der Waals surface area contributed by atoms with E-state index >= 15 is 0 Å². The standard InChI is InChI=1S/C21H23ClFNO/c1-24(17-7-3-2-4-8-17)18-9-5-6-15(12-18)13-21(25)19-11-10-16(23)14-20(19)22/h5-6,9-12,14,17H,2-4,7-8,13H2,1H3. The first-order valence-electron chi connectivity index (χ1n) is 8.84. The summed E-state index contributed by atoms with van der Waals surface area (Å²) in [6, 6.07) is 12.6. The van der Waals surface area contributed by atoms with Gasteiger partial charge in [-0.3, -0.25) is 4.79 Å². The maximum atomic E-state index is 13.2. The summed E-state index contributed by atoms with van der Waals surface area (Å²) in [6.45, 7) is 0. The smallest absolute Gasteiger partial charge is 0.168 e. The summed E-state index contributed by atoms with van der Waals surface area (Å²) < 4.78 is 13.2. The third-order valence-electron chi connectivity index (χ3n) is 5.04. The van der Waals surface area contributed by atoms with Gasteiger partial charge < -0.3 is 4.90 Å². The lowest BCUT2D eigenvalue weighted by Crippen LogP contribution is -2.33. The van der Waals surface area contributed by atoms with Gasteiger partial charge in [-0.1, -0.05) is 43.0 Å². The largest absolute Gasteiger partial charge is 0.372 e. The summed E-state index contributed by atoms with van der Waals surface area (Å²) in [5, 5.41) is 0.167. The number of anilines is 1. The molecule has 4 heteroatoms. The number of carbonyl (C=O) groups excluding carboxylic acids is 1. The molecule has 0 N–H and O–H groups in total. The van der Waals surface area contributed by atoms with Crippen molar-refractivity contribution in [3.63, 3.8) is 0 Å². The van der Waals surface area contributed by atoms with Crippen molar-refractivity contribution >= 4 is 23.1 Å². The molecule has 1 saturated carbocycles. The molecule has 132 valence electrons. The van der Waals surface area contributed by atoms with E-state index in [2.05, 4.69) is 24.1 Å². The highest BCUT2D eigenvalue weighted by Crippen LogP contribution is 2.27. The minimum atomic E-state index is -0.433. The molecule has 2 aromatic rings. The molecule has 0 amide bonds. The number of hydrogen-bond acceptors (Lipinski definition) is 2. The molecule has 0 radical (unpaired) electrons. The van der Waals surface area contributed by atoms with Crippen molar-refractivity contribution in [2.45, 2.75) is 44.6 Å². The lowest BCUT2D eigenvalue weighted by molar-refractivity contribution is 0.0993. The molecule has 0 aromatic heterocycles. The molecule has 1 aliphatic rings. The van der Waals surface area contributed by atoms with Crippen molar-refractivity contribution in [2.24, 2.45) is 0 Å². The van der Waals surface area contributed by atoms with Crippen molar-refractivity contribution in [3.8, 4) is 0 Å². The molecule has 0 saturated heterocycles. The molecule has 0 atom stereocenters. The average molecular weight is 360 g/mol. The van der Waals surface area contributed by atoms with Gasteiger partial charge in [0.25, 0.3) is 0 Å². The third kappa shape index (κ3) is 4.40. The highest BCUT2D eigenvalue weighted by Gasteiger charge is 2.19. The molecule has 2 aromatic carbocycles. The van der Waals surface area contributed by atoms with E-state index in [1.165, 1.54) is 50.3 Å². The molecular formula is C21H23ClFNO. The summed E-state index contributed by atoms with van der Waals surface area (Å²) in [4.78, 5) is 14.8. The predicted molar refractivity (Wildman–Crippen MR) is 101 cm³/mol. The first-order valence-corrected chi connectivity index (χ1v) is 9.22. The first kappa shape index (κ1) is 17.9. The molecule has 3 rings (SSSR count). The number of carbonyl (C=O) groups is 1. The van der Waals surface area contributed by atoms with Crippen molar-refractivity contribution in [1.82, 2.24) is 0 Å². The zero-order valence-electron chi connectivity index (χ0n) is 14.5. The van der Waals surface area contributed by atoms with Gasteiger partial charge in [0.15, 0.2) is 5.78 Å². The average Bonchev–Trinajstić information content (AvgIpc) is 2.62. The maximum absolute atomic E-state index is 13.2. The van der Waals surface area contributed by atoms with E-state index in [0.717, 1.165) is 11.3 Å². The maximum Gasteiger partial charge on any atom is 0.168 e. The van der Waals surface area contributed by atoms with E-state index in [4.69, 9.17) is 11.6 Å². The quantitative estimate of drug-likeness (QED) is 0.641. The molecule has 25 heavy (non-hydrogen) atoms. The Kier molecular flexibility index (Phi) is 5.74. The zero-order valence-corrected chi connectivity index (χ0v) is 15.2. The second-order valence-electron chi connectivity index (χ2n) is 6.80. The van der Waals surface area contributed by atoms with Gasteiger partial charge in [0.2, 0.25) is 0 Å². The van der Waals surface area contributed by atoms with Crippen LogP contribution in [0.25, 0.3) is 0 Å². The molecule has 0 aliphatic heterocycles. The van der Waals surface area contributed by atoms with Crippen LogP contribution >= 0.6 is 11.6 Å². The summed E-state index contributed by atoms with van der Waals surface area (Å²) >= 11 is 6.00. The van der Waals surface area contributed by atoms with Crippen LogP contribution in [0.2, 0.25) is 5.02 Å². The van der Waals surface area contributed by atoms with Crippen LogP contribution in [0, 0.1) is 5.82 Å². The summed E-state index contributed by atoms with van der Waals surface area (Å²) in [5.74, 6) is -0.528. The minimum absolute atomic E-state index is 0.0949. The molecule has 0 spiro atoms. The number of Topliss-reactive ketones (excluding diaryl/α,β-unsaturated/α-hetero) is 1. The van der Waals surface area contributed by atoms with Crippen LogP contribution in [-0.4, -0.2) is 18.9 Å². The molecule has 1 fully saturated rings. The fourth-order valence-electron chi connectivity index (χ4n) is 3.56. The first-order chi connectivity index (χ1) is 12.0. The molecular weight excluding hydrogens is 337 g/mol. The van der Waals surface area contributed by atoms with E-state index in [0.29, 0.717) is 11.6 Å². The second kappa shape index (κ2) is 8.01. The normalized spacial score (nSPS) is 15.2. The number of ketones is 1. The van der Waals surface area contributed by atoms with Crippen molar-refractivity contribution in [2.75, 3.05) is 11.9 Å². The number of hydrogen-bond donors (Lipinski definition) is 0. The Bertz CT molecular complexity index is 755. The fraction of sp³-hybridized carbons (Fsp3) is 0.381. The third-order valence-corrected chi connectivity index (χ3v) is 5.35. The zero-order chi connectivity index (χ0) is 17.8. The highest BCUT2D eigenvalue weighted by atomic mass is 35.5. The van der Waals surface area contributed by atoms with Gasteiger partial charge in [0, 0.05) is 30.8 Å². The van der Waals surface area contributed by atoms with Gasteiger partial charge in [-0.05, 0) is 48.7 Å². The van der Waals surface area contributed by atoms with Crippen LogP contribution in [0.4, 0.5) is 10.1 Å². The minimum Gasteiger partial charge on any atom is -0.372 e. The fourth-order valence-corrected chi connectivity index (χ4v) is 3.83. The molecule has 2 nitrogen and oxygen atoms in total. The van der Waals surface area contributed by atoms with Gasteiger partial charge in [-0.15, -0.1) is 0 Å². The van der Waals surface area contributed by atoms with Crippen LogP contribution < -0.4 is 4.90 Å². The molecule has 0 heterocycles. The number of nitrogens with zero attached hydrogens (tertiary/aromatic N) is 1. The Morgan fingerprint density at radius 2 is 1.92 bits per heavy atom. The summed E-state index contributed by atoms with van der Waals surface area (Å²) in [7, 11) is 2.13. The Labute approximate surface area is 153 Å². The Morgan fingerprint density at radius 1 is 1.16 bits per heavy atom. The van der Waals surface area contributed by atoms with Gasteiger partial charge in [-0.2, -0.15) is 0 Å². The van der Waals surface area contributed by atoms with E-state index in [1.807, 2.05) is 12.1 Å². The van der Waals surface area contributed by atoms with Gasteiger partial charge in [0.05, 0.1) is 5.02 Å². The predicted octanol–water partition coefficient (Wildman–Crippen LogP) is 5.67. The molecule has 0 unspecified atom stereocenters. The van der Waals surface area contributed by atoms with E-state index in [1.54, 1.807) is 0 Å². The topological polar surface area (TPSA) is 20.3 Å². The van der Waals surface area contributed by atoms with Crippen LogP contribution in [-0.2, 0) is 6.42 Å². The van der Waals surface area contributed by atoms with Crippen LogP contribution in [0.3, 0.4) is 0 Å². The highest BCUT2D eigenvalue weighted by molar-refractivity contribution is 6.34. The lowest BCUT2D eigenvalue weighted by atomic mass is 9.94. The van der Waals surface area contributed by atoms with Crippen molar-refractivity contribution in [1.29, 1.82) is 0 Å². The van der Waals surface area contributed by atoms with E-state index in [9.17, 15) is 9.18 Å². The van der Waals surface area contributed by atoms with Crippen LogP contribution in [0.5, 0.6) is 0 Å². The lowest BCUT2D eigenvalue weighted by Gasteiger charge is -2.33. The van der Waals surface area contributed by atoms with Gasteiger partial charge in [0.1, 0.15) is 5.82 Å². The molecule has 1 aliphatic carbocycles. The Balaban J connectivity index is 1.73.